The number of nitrogen functional groups attached to an aromatic ring is 1. The summed E-state index contributed by atoms with van der Waals surface area (Å²) in [4.78, 5) is 1.67. The van der Waals surface area contributed by atoms with E-state index in [1.165, 1.54) is 0 Å². The number of anilines is 2. The minimum atomic E-state index is -0.107. The predicted octanol–water partition coefficient (Wildman–Crippen LogP) is 0.326. The van der Waals surface area contributed by atoms with Gasteiger partial charge in [0.2, 0.25) is 0 Å². The number of nitrogens with two attached hydrogens (primary N) is 1. The molecule has 0 amide bonds. The van der Waals surface area contributed by atoms with Gasteiger partial charge >= 0.3 is 0 Å². The Morgan fingerprint density at radius 1 is 1.36 bits per heavy atom. The van der Waals surface area contributed by atoms with Crippen LogP contribution in [0.5, 0.6) is 0 Å². The molecule has 0 aromatic heterocycles. The average Bonchev–Trinajstić information content (AvgIpc) is 2.19. The summed E-state index contributed by atoms with van der Waals surface area (Å²) >= 11 is 0. The zero-order valence-electron chi connectivity index (χ0n) is 8.27. The average molecular weight is 196 g/mol. The molecule has 0 bridgehead atoms. The molecule has 0 spiro atoms. The van der Waals surface area contributed by atoms with Gasteiger partial charge < -0.3 is 20.8 Å². The number of nitrogens with zero attached hydrogens (tertiary/aromatic N) is 1. The highest BCUT2D eigenvalue weighted by Crippen LogP contribution is 2.19. The van der Waals surface area contributed by atoms with Crippen LogP contribution < -0.4 is 10.6 Å². The van der Waals surface area contributed by atoms with Crippen molar-refractivity contribution in [1.82, 2.24) is 0 Å². The molecule has 78 valence electrons. The van der Waals surface area contributed by atoms with E-state index in [2.05, 4.69) is 0 Å². The van der Waals surface area contributed by atoms with Gasteiger partial charge in [-0.2, -0.15) is 0 Å². The summed E-state index contributed by atoms with van der Waals surface area (Å²) in [5.74, 6) is 0. The maximum atomic E-state index is 9.05. The number of rotatable bonds is 4. The molecule has 0 unspecified atom stereocenters. The first-order valence-electron chi connectivity index (χ1n) is 4.52. The van der Waals surface area contributed by atoms with Crippen LogP contribution >= 0.6 is 0 Å². The van der Waals surface area contributed by atoms with Gasteiger partial charge in [0, 0.05) is 17.9 Å². The Bertz CT molecular complexity index is 302. The highest BCUT2D eigenvalue weighted by atomic mass is 16.3. The van der Waals surface area contributed by atoms with E-state index in [0.29, 0.717) is 6.54 Å². The van der Waals surface area contributed by atoms with E-state index in [1.54, 1.807) is 11.0 Å². The second-order valence-corrected chi connectivity index (χ2v) is 3.17. The van der Waals surface area contributed by atoms with Crippen LogP contribution in [0.1, 0.15) is 5.56 Å². The van der Waals surface area contributed by atoms with Crippen LogP contribution in [0.2, 0.25) is 0 Å². The summed E-state index contributed by atoms with van der Waals surface area (Å²) in [5.41, 5.74) is 8.25. The molecule has 1 aromatic carbocycles. The molecule has 14 heavy (non-hydrogen) atoms. The van der Waals surface area contributed by atoms with Crippen LogP contribution in [0, 0.1) is 6.92 Å². The number of hydrogen-bond donors (Lipinski definition) is 3. The quantitative estimate of drug-likeness (QED) is 0.479. The summed E-state index contributed by atoms with van der Waals surface area (Å²) in [6.07, 6.45) is 0. The fourth-order valence-electron chi connectivity index (χ4n) is 1.26. The molecule has 0 aliphatic rings. The van der Waals surface area contributed by atoms with Gasteiger partial charge in [-0.05, 0) is 30.7 Å². The van der Waals surface area contributed by atoms with E-state index >= 15 is 0 Å². The third-order valence-corrected chi connectivity index (χ3v) is 2.16. The molecule has 4 nitrogen and oxygen atoms in total. The highest BCUT2D eigenvalue weighted by molar-refractivity contribution is 5.57. The summed E-state index contributed by atoms with van der Waals surface area (Å²) in [6.45, 7) is 2.24. The Morgan fingerprint density at radius 3 is 2.57 bits per heavy atom. The summed E-state index contributed by atoms with van der Waals surface area (Å²) in [6, 6.07) is 5.51. The van der Waals surface area contributed by atoms with Crippen molar-refractivity contribution in [2.45, 2.75) is 6.92 Å². The molecule has 4 N–H and O–H groups in total. The minimum Gasteiger partial charge on any atom is -0.399 e. The van der Waals surface area contributed by atoms with Gasteiger partial charge in [0.05, 0.1) is 6.61 Å². The second-order valence-electron chi connectivity index (χ2n) is 3.17. The van der Waals surface area contributed by atoms with Gasteiger partial charge in [-0.15, -0.1) is 0 Å². The number of hydrogen-bond acceptors (Lipinski definition) is 4. The first kappa shape index (κ1) is 10.8. The predicted molar refractivity (Wildman–Crippen MR) is 57.1 cm³/mol. The molecule has 1 aromatic rings. The lowest BCUT2D eigenvalue weighted by Crippen LogP contribution is -2.27. The van der Waals surface area contributed by atoms with Crippen molar-refractivity contribution in [3.05, 3.63) is 23.8 Å². The Kier molecular flexibility index (Phi) is 3.73. The highest BCUT2D eigenvalue weighted by Gasteiger charge is 2.04. The number of aliphatic hydroxyl groups is 2. The van der Waals surface area contributed by atoms with Crippen molar-refractivity contribution in [3.63, 3.8) is 0 Å². The Labute approximate surface area is 83.6 Å². The van der Waals surface area contributed by atoms with E-state index in [9.17, 15) is 0 Å². The molecule has 0 fully saturated rings. The zero-order valence-corrected chi connectivity index (χ0v) is 8.27. The second kappa shape index (κ2) is 4.83. The van der Waals surface area contributed by atoms with E-state index < -0.39 is 0 Å². The van der Waals surface area contributed by atoms with E-state index in [1.807, 2.05) is 19.1 Å². The van der Waals surface area contributed by atoms with E-state index in [0.717, 1.165) is 16.9 Å². The maximum Gasteiger partial charge on any atom is 0.115 e. The summed E-state index contributed by atoms with van der Waals surface area (Å²) < 4.78 is 0. The van der Waals surface area contributed by atoms with Crippen molar-refractivity contribution < 1.29 is 10.2 Å². The minimum absolute atomic E-state index is 0.0178. The number of aryl methyl sites for hydroxylation is 1. The fourth-order valence-corrected chi connectivity index (χ4v) is 1.26. The smallest absolute Gasteiger partial charge is 0.115 e. The van der Waals surface area contributed by atoms with Crippen molar-refractivity contribution in [3.8, 4) is 0 Å². The molecule has 0 saturated carbocycles. The molecular formula is C10H16N2O2. The summed E-state index contributed by atoms with van der Waals surface area (Å²) in [7, 11) is 0. The zero-order chi connectivity index (χ0) is 10.6. The molecule has 0 aliphatic heterocycles. The van der Waals surface area contributed by atoms with Crippen LogP contribution in [0.15, 0.2) is 18.2 Å². The van der Waals surface area contributed by atoms with Crippen molar-refractivity contribution in [2.24, 2.45) is 0 Å². The largest absolute Gasteiger partial charge is 0.399 e. The first-order chi connectivity index (χ1) is 6.69. The van der Waals surface area contributed by atoms with Crippen LogP contribution in [0.3, 0.4) is 0 Å². The van der Waals surface area contributed by atoms with Gasteiger partial charge in [-0.3, -0.25) is 0 Å². The molecule has 0 aliphatic carbocycles. The number of aliphatic hydroxyl groups excluding tert-OH is 2. The van der Waals surface area contributed by atoms with Gasteiger partial charge in [0.25, 0.3) is 0 Å². The van der Waals surface area contributed by atoms with Crippen LogP contribution in [0.4, 0.5) is 11.4 Å². The van der Waals surface area contributed by atoms with Gasteiger partial charge in [0.1, 0.15) is 6.73 Å². The molecule has 4 heteroatoms. The van der Waals surface area contributed by atoms with Crippen molar-refractivity contribution >= 4 is 11.4 Å². The van der Waals surface area contributed by atoms with Crippen molar-refractivity contribution in [2.75, 3.05) is 30.5 Å². The molecule has 0 saturated heterocycles. The van der Waals surface area contributed by atoms with Crippen LogP contribution in [0.25, 0.3) is 0 Å². The molecule has 1 rings (SSSR count). The lowest BCUT2D eigenvalue weighted by molar-refractivity contribution is 0.258. The third kappa shape index (κ3) is 2.37. The fraction of sp³-hybridized carbons (Fsp3) is 0.400. The lowest BCUT2D eigenvalue weighted by Gasteiger charge is -2.21. The number of benzene rings is 1. The Balaban J connectivity index is 2.88. The third-order valence-electron chi connectivity index (χ3n) is 2.16. The molecular weight excluding hydrogens is 180 g/mol. The van der Waals surface area contributed by atoms with E-state index in [-0.39, 0.29) is 13.3 Å². The monoisotopic (exact) mass is 196 g/mol. The van der Waals surface area contributed by atoms with Crippen LogP contribution in [-0.4, -0.2) is 30.1 Å². The maximum absolute atomic E-state index is 9.05. The van der Waals surface area contributed by atoms with Crippen LogP contribution in [-0.2, 0) is 0 Å². The molecule has 0 heterocycles. The lowest BCUT2D eigenvalue weighted by atomic mass is 10.2. The Morgan fingerprint density at radius 2 is 2.07 bits per heavy atom. The SMILES string of the molecule is Cc1cc(N(CO)CCO)ccc1N. The topological polar surface area (TPSA) is 69.7 Å². The van der Waals surface area contributed by atoms with Gasteiger partial charge in [-0.1, -0.05) is 0 Å². The Hall–Kier alpha value is -1.26. The summed E-state index contributed by atoms with van der Waals surface area (Å²) in [5, 5.41) is 17.8. The molecule has 0 radical (unpaired) electrons. The van der Waals surface area contributed by atoms with Gasteiger partial charge in [-0.25, -0.2) is 0 Å². The normalized spacial score (nSPS) is 10.2. The first-order valence-corrected chi connectivity index (χ1v) is 4.52. The molecule has 0 atom stereocenters. The van der Waals surface area contributed by atoms with Crippen molar-refractivity contribution in [1.29, 1.82) is 0 Å². The standard InChI is InChI=1S/C10H16N2O2/c1-8-6-9(2-3-10(8)11)12(7-14)4-5-13/h2-3,6,13-14H,4-5,7,11H2,1H3. The van der Waals surface area contributed by atoms with Gasteiger partial charge in [0.15, 0.2) is 0 Å². The van der Waals surface area contributed by atoms with E-state index in [4.69, 9.17) is 15.9 Å².